The fraction of sp³-hybridized carbons (Fsp3) is 0.432. The summed E-state index contributed by atoms with van der Waals surface area (Å²) in [4.78, 5) is 49.5. The minimum absolute atomic E-state index is 0.0202. The highest BCUT2D eigenvalue weighted by Crippen LogP contribution is 2.34. The highest BCUT2D eigenvalue weighted by Gasteiger charge is 2.33. The second-order valence-electron chi connectivity index (χ2n) is 12.9. The number of hydrogen-bond acceptors (Lipinski definition) is 8. The molecule has 0 spiro atoms. The summed E-state index contributed by atoms with van der Waals surface area (Å²) in [5, 5.41) is 16.2. The summed E-state index contributed by atoms with van der Waals surface area (Å²) >= 11 is 6.73. The first-order valence-corrected chi connectivity index (χ1v) is 19.1. The van der Waals surface area contributed by atoms with Gasteiger partial charge in [0.25, 0.3) is 0 Å². The Balaban J connectivity index is 1.28. The van der Waals surface area contributed by atoms with Crippen molar-refractivity contribution in [2.75, 3.05) is 75.8 Å². The Morgan fingerprint density at radius 2 is 1.46 bits per heavy atom. The van der Waals surface area contributed by atoms with E-state index in [0.717, 1.165) is 17.1 Å². The van der Waals surface area contributed by atoms with Gasteiger partial charge in [0.05, 0.1) is 21.7 Å². The number of aromatic hydroxyl groups is 1. The molecule has 2 aliphatic rings. The summed E-state index contributed by atoms with van der Waals surface area (Å²) in [7, 11) is 1.63. The van der Waals surface area contributed by atoms with Gasteiger partial charge in [0.2, 0.25) is 11.8 Å². The number of piperazine rings is 2. The number of unbranched alkanes of at least 4 members (excludes halogenated alkanes) is 1. The number of carbonyl (C=O) groups is 3. The van der Waals surface area contributed by atoms with Crippen molar-refractivity contribution in [1.29, 1.82) is 0 Å². The summed E-state index contributed by atoms with van der Waals surface area (Å²) in [6.07, 6.45) is 1.82. The van der Waals surface area contributed by atoms with Crippen LogP contribution in [0.4, 0.5) is 20.6 Å². The quantitative estimate of drug-likeness (QED) is 0.185. The number of phenols is 1. The second kappa shape index (κ2) is 18.6. The Morgan fingerprint density at radius 1 is 0.846 bits per heavy atom. The van der Waals surface area contributed by atoms with E-state index < -0.39 is 18.0 Å². The van der Waals surface area contributed by atoms with Crippen LogP contribution in [0.2, 0.25) is 0 Å². The van der Waals surface area contributed by atoms with Crippen LogP contribution in [0.15, 0.2) is 69.6 Å². The molecule has 280 valence electrons. The van der Waals surface area contributed by atoms with Crippen molar-refractivity contribution in [2.24, 2.45) is 5.73 Å². The van der Waals surface area contributed by atoms with Gasteiger partial charge in [-0.2, -0.15) is 0 Å². The maximum Gasteiger partial charge on any atom is 0.318 e. The topological polar surface area (TPSA) is 144 Å². The molecule has 0 bridgehead atoms. The predicted octanol–water partition coefficient (Wildman–Crippen LogP) is 4.47. The van der Waals surface area contributed by atoms with Crippen LogP contribution in [0.3, 0.4) is 0 Å². The van der Waals surface area contributed by atoms with Gasteiger partial charge in [-0.15, -0.1) is 0 Å². The first-order valence-electron chi connectivity index (χ1n) is 17.5. The molecule has 5 N–H and O–H groups in total. The summed E-state index contributed by atoms with van der Waals surface area (Å²) in [5.41, 5.74) is 8.28. The monoisotopic (exact) mass is 845 g/mol. The van der Waals surface area contributed by atoms with Gasteiger partial charge in [0, 0.05) is 64.5 Å². The van der Waals surface area contributed by atoms with Crippen molar-refractivity contribution in [3.8, 4) is 11.5 Å². The number of ether oxygens (including phenoxy) is 1. The van der Waals surface area contributed by atoms with E-state index in [1.807, 2.05) is 24.3 Å². The molecule has 52 heavy (non-hydrogen) atoms. The molecule has 4 amide bonds. The van der Waals surface area contributed by atoms with Crippen LogP contribution in [0.5, 0.6) is 11.5 Å². The van der Waals surface area contributed by atoms with Gasteiger partial charge in [-0.25, -0.2) is 9.18 Å². The van der Waals surface area contributed by atoms with Crippen molar-refractivity contribution >= 4 is 61.1 Å². The van der Waals surface area contributed by atoms with E-state index in [9.17, 15) is 23.9 Å². The lowest BCUT2D eigenvalue weighted by Crippen LogP contribution is -2.59. The van der Waals surface area contributed by atoms with E-state index in [1.54, 1.807) is 41.2 Å². The van der Waals surface area contributed by atoms with Crippen molar-refractivity contribution in [3.63, 3.8) is 0 Å². The lowest BCUT2D eigenvalue weighted by Gasteiger charge is -2.38. The van der Waals surface area contributed by atoms with Crippen molar-refractivity contribution in [2.45, 2.75) is 37.8 Å². The second-order valence-corrected chi connectivity index (χ2v) is 14.6. The van der Waals surface area contributed by atoms with Crippen LogP contribution in [0, 0.1) is 5.82 Å². The normalized spacial score (nSPS) is 15.9. The Kier molecular flexibility index (Phi) is 14.0. The number of urea groups is 1. The molecule has 3 aromatic carbocycles. The highest BCUT2D eigenvalue weighted by molar-refractivity contribution is 9.11. The molecule has 15 heteroatoms. The molecule has 2 fully saturated rings. The van der Waals surface area contributed by atoms with Gasteiger partial charge in [-0.1, -0.05) is 12.1 Å². The number of halogens is 3. The third kappa shape index (κ3) is 10.1. The minimum Gasteiger partial charge on any atom is -0.506 e. The van der Waals surface area contributed by atoms with E-state index >= 15 is 0 Å². The van der Waals surface area contributed by atoms with Gasteiger partial charge in [-0.05, 0) is 112 Å². The number of amides is 4. The standard InChI is InChI=1S/C37H46Br2FN7O5/c1-52-33-8-3-2-7-32(33)45-16-20-47(21-17-45)37(51)43-31(24-25-22-28(38)34(48)29(39)23-25)35(49)42-30(6-4-5-13-41)36(50)46-18-14-44(15-19-46)27-11-9-26(40)10-12-27/h2-3,7-12,22-23,30-31,48H,4-6,13-21,24,41H2,1H3,(H,42,49)(H,43,51)/t30-,31+/m0/s1. The van der Waals surface area contributed by atoms with E-state index in [4.69, 9.17) is 10.5 Å². The van der Waals surface area contributed by atoms with Gasteiger partial charge < -0.3 is 45.8 Å². The fourth-order valence-electron chi connectivity index (χ4n) is 6.54. The zero-order valence-corrected chi connectivity index (χ0v) is 32.4. The van der Waals surface area contributed by atoms with Crippen LogP contribution >= 0.6 is 31.9 Å². The van der Waals surface area contributed by atoms with Crippen LogP contribution in [-0.2, 0) is 16.0 Å². The van der Waals surface area contributed by atoms with E-state index in [1.165, 1.54) is 12.1 Å². The number of hydrogen-bond donors (Lipinski definition) is 4. The van der Waals surface area contributed by atoms with Crippen molar-refractivity contribution < 1.29 is 28.6 Å². The molecule has 0 unspecified atom stereocenters. The predicted molar refractivity (Wildman–Crippen MR) is 206 cm³/mol. The summed E-state index contributed by atoms with van der Waals surface area (Å²) < 4.78 is 19.9. The molecule has 2 aliphatic heterocycles. The zero-order chi connectivity index (χ0) is 37.2. The molecule has 0 aliphatic carbocycles. The minimum atomic E-state index is -1.02. The number of nitrogens with zero attached hydrogens (tertiary/aromatic N) is 4. The van der Waals surface area contributed by atoms with Gasteiger partial charge in [0.1, 0.15) is 29.4 Å². The molecule has 5 rings (SSSR count). The number of nitrogens with one attached hydrogen (secondary N) is 2. The maximum absolute atomic E-state index is 14.1. The van der Waals surface area contributed by atoms with Gasteiger partial charge >= 0.3 is 6.03 Å². The summed E-state index contributed by atoms with van der Waals surface area (Å²) in [5.74, 6) is -0.213. The third-order valence-electron chi connectivity index (χ3n) is 9.47. The third-order valence-corrected chi connectivity index (χ3v) is 10.7. The molecule has 2 saturated heterocycles. The SMILES string of the molecule is COc1ccccc1N1CCN(C(=O)N[C@H](Cc2cc(Br)c(O)c(Br)c2)C(=O)N[C@@H](CCCCN)C(=O)N2CCN(c3ccc(F)cc3)CC2)CC1. The van der Waals surface area contributed by atoms with Crippen LogP contribution < -0.4 is 30.9 Å². The zero-order valence-electron chi connectivity index (χ0n) is 29.2. The number of nitrogens with two attached hydrogens (primary N) is 1. The number of para-hydroxylation sites is 2. The van der Waals surface area contributed by atoms with E-state index in [2.05, 4.69) is 52.3 Å². The number of carbonyl (C=O) groups excluding carboxylic acids is 3. The van der Waals surface area contributed by atoms with Crippen LogP contribution in [0.25, 0.3) is 0 Å². The van der Waals surface area contributed by atoms with Crippen LogP contribution in [-0.4, -0.2) is 111 Å². The van der Waals surface area contributed by atoms with Crippen molar-refractivity contribution in [3.05, 3.63) is 81.0 Å². The molecule has 0 aromatic heterocycles. The molecule has 3 aromatic rings. The lowest BCUT2D eigenvalue weighted by molar-refractivity contribution is -0.137. The Hall–Kier alpha value is -4.08. The average molecular weight is 848 g/mol. The van der Waals surface area contributed by atoms with E-state index in [0.29, 0.717) is 92.7 Å². The smallest absolute Gasteiger partial charge is 0.318 e. The van der Waals surface area contributed by atoms with E-state index in [-0.39, 0.29) is 29.9 Å². The molecule has 2 atom stereocenters. The average Bonchev–Trinajstić information content (AvgIpc) is 3.16. The largest absolute Gasteiger partial charge is 0.506 e. The lowest BCUT2D eigenvalue weighted by atomic mass is 10.0. The Morgan fingerprint density at radius 3 is 2.10 bits per heavy atom. The molecule has 2 heterocycles. The highest BCUT2D eigenvalue weighted by atomic mass is 79.9. The molecule has 0 radical (unpaired) electrons. The Bertz CT molecular complexity index is 1660. The Labute approximate surface area is 320 Å². The fourth-order valence-corrected chi connectivity index (χ4v) is 7.82. The number of anilines is 2. The summed E-state index contributed by atoms with van der Waals surface area (Å²) in [6.45, 7) is 4.48. The number of benzene rings is 3. The number of rotatable bonds is 13. The summed E-state index contributed by atoms with van der Waals surface area (Å²) in [6, 6.07) is 15.2. The molecule has 0 saturated carbocycles. The maximum atomic E-state index is 14.1. The first-order chi connectivity index (χ1) is 25.1. The molecular weight excluding hydrogens is 801 g/mol. The molecule has 12 nitrogen and oxygen atoms in total. The number of methoxy groups -OCH3 is 1. The van der Waals surface area contributed by atoms with Gasteiger partial charge in [-0.3, -0.25) is 9.59 Å². The molecular formula is C37H46Br2FN7O5. The first kappa shape index (κ1) is 39.1. The van der Waals surface area contributed by atoms with Gasteiger partial charge in [0.15, 0.2) is 0 Å². The van der Waals surface area contributed by atoms with Crippen LogP contribution in [0.1, 0.15) is 24.8 Å². The number of phenolic OH excluding ortho intramolecular Hbond substituents is 1. The van der Waals surface area contributed by atoms with Crippen molar-refractivity contribution in [1.82, 2.24) is 20.4 Å².